The highest BCUT2D eigenvalue weighted by atomic mass is 16.5. The van der Waals surface area contributed by atoms with Crippen LogP contribution in [0.2, 0.25) is 0 Å². The van der Waals surface area contributed by atoms with E-state index in [9.17, 15) is 4.79 Å². The highest BCUT2D eigenvalue weighted by Gasteiger charge is 2.50. The Morgan fingerprint density at radius 1 is 1.38 bits per heavy atom. The van der Waals surface area contributed by atoms with Gasteiger partial charge in [-0.2, -0.15) is 0 Å². The summed E-state index contributed by atoms with van der Waals surface area (Å²) in [6.07, 6.45) is 0.639. The standard InChI is InChI=1S/C13H23NO2/c1-5-11(15)12-10-8-16-7-9(10)6-14(12)13(2,3)4/h9-10,12H,5-8H2,1-4H3. The van der Waals surface area contributed by atoms with Crippen molar-refractivity contribution in [2.75, 3.05) is 19.8 Å². The number of Topliss-reactive ketones (excluding diaryl/α,β-unsaturated/α-hetero) is 1. The van der Waals surface area contributed by atoms with E-state index in [1.54, 1.807) is 0 Å². The maximum Gasteiger partial charge on any atom is 0.150 e. The third-order valence-corrected chi connectivity index (χ3v) is 3.96. The summed E-state index contributed by atoms with van der Waals surface area (Å²) in [7, 11) is 0. The van der Waals surface area contributed by atoms with Gasteiger partial charge in [0.1, 0.15) is 5.78 Å². The second-order valence-corrected chi connectivity index (χ2v) is 6.05. The van der Waals surface area contributed by atoms with Crippen LogP contribution in [-0.4, -0.2) is 42.0 Å². The SMILES string of the molecule is CCC(=O)C1C2COCC2CN1C(C)(C)C. The van der Waals surface area contributed by atoms with E-state index in [0.717, 1.165) is 19.8 Å². The molecule has 0 aromatic carbocycles. The fourth-order valence-corrected chi connectivity index (χ4v) is 3.06. The summed E-state index contributed by atoms with van der Waals surface area (Å²) < 4.78 is 5.52. The third kappa shape index (κ3) is 1.91. The molecule has 2 fully saturated rings. The average Bonchev–Trinajstić information content (AvgIpc) is 2.73. The van der Waals surface area contributed by atoms with E-state index in [0.29, 0.717) is 24.0 Å². The van der Waals surface area contributed by atoms with Gasteiger partial charge in [-0.3, -0.25) is 9.69 Å². The monoisotopic (exact) mass is 225 g/mol. The van der Waals surface area contributed by atoms with E-state index < -0.39 is 0 Å². The molecule has 2 saturated heterocycles. The van der Waals surface area contributed by atoms with Gasteiger partial charge in [-0.15, -0.1) is 0 Å². The van der Waals surface area contributed by atoms with Crippen molar-refractivity contribution in [1.29, 1.82) is 0 Å². The predicted octanol–water partition coefficient (Wildman–Crippen LogP) is 1.71. The fourth-order valence-electron chi connectivity index (χ4n) is 3.06. The molecule has 2 heterocycles. The number of hydrogen-bond donors (Lipinski definition) is 0. The molecule has 2 rings (SSSR count). The summed E-state index contributed by atoms with van der Waals surface area (Å²) in [5.74, 6) is 1.39. The first kappa shape index (κ1) is 12.1. The van der Waals surface area contributed by atoms with E-state index in [4.69, 9.17) is 4.74 Å². The number of fused-ring (bicyclic) bond motifs is 1. The molecular formula is C13H23NO2. The van der Waals surface area contributed by atoms with Gasteiger partial charge in [0.15, 0.2) is 0 Å². The van der Waals surface area contributed by atoms with Crippen LogP contribution < -0.4 is 0 Å². The largest absolute Gasteiger partial charge is 0.381 e. The van der Waals surface area contributed by atoms with Crippen LogP contribution in [0.1, 0.15) is 34.1 Å². The minimum Gasteiger partial charge on any atom is -0.381 e. The number of ether oxygens (including phenoxy) is 1. The minimum atomic E-state index is 0.0832. The van der Waals surface area contributed by atoms with Crippen LogP contribution in [0.25, 0.3) is 0 Å². The van der Waals surface area contributed by atoms with Crippen LogP contribution in [0.5, 0.6) is 0 Å². The molecule has 0 aliphatic carbocycles. The van der Waals surface area contributed by atoms with Crippen LogP contribution in [0, 0.1) is 11.8 Å². The van der Waals surface area contributed by atoms with Gasteiger partial charge in [0.05, 0.1) is 19.3 Å². The summed E-state index contributed by atoms with van der Waals surface area (Å²) in [4.78, 5) is 14.5. The Labute approximate surface area is 98.1 Å². The number of rotatable bonds is 2. The lowest BCUT2D eigenvalue weighted by atomic mass is 9.90. The summed E-state index contributed by atoms with van der Waals surface area (Å²) in [5.41, 5.74) is 0.0832. The number of hydrogen-bond acceptors (Lipinski definition) is 3. The predicted molar refractivity (Wildman–Crippen MR) is 63.3 cm³/mol. The molecule has 3 heteroatoms. The quantitative estimate of drug-likeness (QED) is 0.716. The summed E-state index contributed by atoms with van der Waals surface area (Å²) >= 11 is 0. The topological polar surface area (TPSA) is 29.5 Å². The zero-order valence-electron chi connectivity index (χ0n) is 10.8. The van der Waals surface area contributed by atoms with E-state index in [-0.39, 0.29) is 11.6 Å². The number of nitrogens with zero attached hydrogens (tertiary/aromatic N) is 1. The highest BCUT2D eigenvalue weighted by Crippen LogP contribution is 2.39. The molecule has 0 aromatic rings. The van der Waals surface area contributed by atoms with Gasteiger partial charge >= 0.3 is 0 Å². The first-order valence-electron chi connectivity index (χ1n) is 6.32. The van der Waals surface area contributed by atoms with Crippen molar-refractivity contribution >= 4 is 5.78 Å². The van der Waals surface area contributed by atoms with Crippen molar-refractivity contribution in [1.82, 2.24) is 4.90 Å². The van der Waals surface area contributed by atoms with Crippen LogP contribution in [0.15, 0.2) is 0 Å². The molecule has 0 N–H and O–H groups in total. The molecule has 2 aliphatic rings. The maximum atomic E-state index is 12.1. The minimum absolute atomic E-state index is 0.0832. The molecule has 0 saturated carbocycles. The van der Waals surface area contributed by atoms with Gasteiger partial charge in [0.2, 0.25) is 0 Å². The first-order valence-corrected chi connectivity index (χ1v) is 6.32. The average molecular weight is 225 g/mol. The molecule has 16 heavy (non-hydrogen) atoms. The molecule has 3 unspecified atom stereocenters. The Kier molecular flexibility index (Phi) is 3.10. The van der Waals surface area contributed by atoms with E-state index in [1.165, 1.54) is 0 Å². The molecule has 3 nitrogen and oxygen atoms in total. The zero-order chi connectivity index (χ0) is 11.9. The molecule has 3 atom stereocenters. The van der Waals surface area contributed by atoms with Crippen LogP contribution in [0.4, 0.5) is 0 Å². The van der Waals surface area contributed by atoms with E-state index in [2.05, 4.69) is 25.7 Å². The summed E-state index contributed by atoms with van der Waals surface area (Å²) in [5, 5.41) is 0. The number of likely N-dealkylation sites (tertiary alicyclic amines) is 1. The Morgan fingerprint density at radius 2 is 2.06 bits per heavy atom. The molecule has 92 valence electrons. The lowest BCUT2D eigenvalue weighted by Crippen LogP contribution is -2.50. The van der Waals surface area contributed by atoms with Crippen molar-refractivity contribution in [2.45, 2.75) is 45.7 Å². The lowest BCUT2D eigenvalue weighted by molar-refractivity contribution is -0.126. The van der Waals surface area contributed by atoms with Gasteiger partial charge in [-0.05, 0) is 20.8 Å². The molecule has 0 aromatic heterocycles. The Hall–Kier alpha value is -0.410. The molecule has 2 aliphatic heterocycles. The van der Waals surface area contributed by atoms with Crippen molar-refractivity contribution < 1.29 is 9.53 Å². The zero-order valence-corrected chi connectivity index (χ0v) is 10.8. The molecule has 0 amide bonds. The molecule has 0 spiro atoms. The third-order valence-electron chi connectivity index (χ3n) is 3.96. The van der Waals surface area contributed by atoms with Crippen molar-refractivity contribution in [3.8, 4) is 0 Å². The van der Waals surface area contributed by atoms with Crippen LogP contribution in [0.3, 0.4) is 0 Å². The Balaban J connectivity index is 2.23. The lowest BCUT2D eigenvalue weighted by Gasteiger charge is -2.37. The molecule has 0 bridgehead atoms. The normalized spacial score (nSPS) is 35.4. The molecule has 0 radical (unpaired) electrons. The Bertz CT molecular complexity index is 282. The fraction of sp³-hybridized carbons (Fsp3) is 0.923. The molecular weight excluding hydrogens is 202 g/mol. The van der Waals surface area contributed by atoms with E-state index in [1.807, 2.05) is 6.92 Å². The van der Waals surface area contributed by atoms with E-state index >= 15 is 0 Å². The Morgan fingerprint density at radius 3 is 2.62 bits per heavy atom. The first-order chi connectivity index (χ1) is 7.45. The summed E-state index contributed by atoms with van der Waals surface area (Å²) in [6.45, 7) is 11.2. The van der Waals surface area contributed by atoms with Gasteiger partial charge in [0.25, 0.3) is 0 Å². The number of carbonyl (C=O) groups excluding carboxylic acids is 1. The maximum absolute atomic E-state index is 12.1. The second-order valence-electron chi connectivity index (χ2n) is 6.05. The van der Waals surface area contributed by atoms with Crippen molar-refractivity contribution in [2.24, 2.45) is 11.8 Å². The van der Waals surface area contributed by atoms with Crippen molar-refractivity contribution in [3.63, 3.8) is 0 Å². The highest BCUT2D eigenvalue weighted by molar-refractivity contribution is 5.84. The van der Waals surface area contributed by atoms with Crippen molar-refractivity contribution in [3.05, 3.63) is 0 Å². The number of carbonyl (C=O) groups is 1. The smallest absolute Gasteiger partial charge is 0.150 e. The van der Waals surface area contributed by atoms with Gasteiger partial charge < -0.3 is 4.74 Å². The van der Waals surface area contributed by atoms with Gasteiger partial charge in [0, 0.05) is 30.3 Å². The number of ketones is 1. The summed E-state index contributed by atoms with van der Waals surface area (Å²) in [6, 6.07) is 0.0949. The van der Waals surface area contributed by atoms with Crippen LogP contribution >= 0.6 is 0 Å². The van der Waals surface area contributed by atoms with Crippen LogP contribution in [-0.2, 0) is 9.53 Å². The van der Waals surface area contributed by atoms with Gasteiger partial charge in [-0.1, -0.05) is 6.92 Å². The second kappa shape index (κ2) is 4.11. The van der Waals surface area contributed by atoms with Gasteiger partial charge in [-0.25, -0.2) is 0 Å².